The van der Waals surface area contributed by atoms with Crippen molar-refractivity contribution in [2.45, 2.75) is 57.3 Å². The lowest BCUT2D eigenvalue weighted by molar-refractivity contribution is -0.142. The van der Waals surface area contributed by atoms with Gasteiger partial charge >= 0.3 is 5.97 Å². The highest BCUT2D eigenvalue weighted by Gasteiger charge is 2.32. The molecular formula is C22H32N6O8. The molecule has 4 unspecified atom stereocenters. The molecule has 0 saturated heterocycles. The van der Waals surface area contributed by atoms with E-state index in [0.717, 1.165) is 0 Å². The van der Waals surface area contributed by atoms with Crippen molar-refractivity contribution >= 4 is 35.5 Å². The van der Waals surface area contributed by atoms with Gasteiger partial charge in [-0.05, 0) is 23.6 Å². The lowest BCUT2D eigenvalue weighted by Crippen LogP contribution is -2.58. The Balaban J connectivity index is 3.04. The van der Waals surface area contributed by atoms with E-state index in [-0.39, 0.29) is 18.1 Å². The quantitative estimate of drug-likeness (QED) is 0.129. The monoisotopic (exact) mass is 508 g/mol. The first-order chi connectivity index (χ1) is 16.7. The van der Waals surface area contributed by atoms with Crippen molar-refractivity contribution in [3.63, 3.8) is 0 Å². The molecule has 1 aromatic carbocycles. The number of benzene rings is 1. The number of hydrogen-bond acceptors (Lipinski definition) is 8. The maximum absolute atomic E-state index is 12.8. The van der Waals surface area contributed by atoms with Gasteiger partial charge in [0, 0.05) is 6.42 Å². The molecule has 198 valence electrons. The zero-order valence-corrected chi connectivity index (χ0v) is 19.9. The highest BCUT2D eigenvalue weighted by Crippen LogP contribution is 2.12. The van der Waals surface area contributed by atoms with E-state index in [1.165, 1.54) is 24.3 Å². The minimum atomic E-state index is -1.62. The predicted octanol–water partition coefficient (Wildman–Crippen LogP) is -2.79. The van der Waals surface area contributed by atoms with Crippen LogP contribution in [0.5, 0.6) is 5.75 Å². The molecule has 1 rings (SSSR count). The number of carbonyl (C=O) groups is 6. The van der Waals surface area contributed by atoms with Crippen molar-refractivity contribution < 1.29 is 39.0 Å². The molecule has 0 aliphatic carbocycles. The van der Waals surface area contributed by atoms with Crippen LogP contribution in [0.1, 0.15) is 32.3 Å². The van der Waals surface area contributed by atoms with E-state index in [9.17, 15) is 39.0 Å². The van der Waals surface area contributed by atoms with Crippen LogP contribution in [0.2, 0.25) is 0 Å². The molecule has 0 heterocycles. The van der Waals surface area contributed by atoms with Gasteiger partial charge in [-0.25, -0.2) is 4.79 Å². The minimum Gasteiger partial charge on any atom is -0.508 e. The molecule has 0 aliphatic rings. The van der Waals surface area contributed by atoms with Crippen molar-refractivity contribution in [3.05, 3.63) is 29.8 Å². The van der Waals surface area contributed by atoms with E-state index >= 15 is 0 Å². The summed E-state index contributed by atoms with van der Waals surface area (Å²) in [6.07, 6.45) is -1.51. The molecule has 4 atom stereocenters. The number of hydrogen-bond donors (Lipinski definition) is 8. The summed E-state index contributed by atoms with van der Waals surface area (Å²) in [7, 11) is 0. The number of carboxylic acid groups (broad SMARTS) is 1. The second-order valence-corrected chi connectivity index (χ2v) is 8.50. The fourth-order valence-electron chi connectivity index (χ4n) is 3.00. The van der Waals surface area contributed by atoms with Gasteiger partial charge in [-0.3, -0.25) is 24.0 Å². The van der Waals surface area contributed by atoms with Crippen molar-refractivity contribution in [1.29, 1.82) is 0 Å². The van der Waals surface area contributed by atoms with Gasteiger partial charge in [0.25, 0.3) is 0 Å². The minimum absolute atomic E-state index is 0.0362. The Bertz CT molecular complexity index is 981. The van der Waals surface area contributed by atoms with Crippen molar-refractivity contribution in [1.82, 2.24) is 16.0 Å². The standard InChI is InChI=1S/C22H32N6O8/c1-10(2)18(25)21(34)27-14(9-17(24)31)19(32)26-13(8-16(23)30)20(33)28-15(22(35)36)7-11-3-5-12(29)6-4-11/h3-6,10,13-15,18,29H,7-9,25H2,1-2H3,(H2,23,30)(H2,24,31)(H,26,32)(H,27,34)(H,28,33)(H,35,36). The number of phenolic OH excluding ortho intramolecular Hbond substituents is 1. The van der Waals surface area contributed by atoms with Gasteiger partial charge < -0.3 is 43.4 Å². The summed E-state index contributed by atoms with van der Waals surface area (Å²) in [5.41, 5.74) is 16.6. The number of carboxylic acids is 1. The Morgan fingerprint density at radius 1 is 0.778 bits per heavy atom. The second-order valence-electron chi connectivity index (χ2n) is 8.50. The third kappa shape index (κ3) is 9.97. The van der Waals surface area contributed by atoms with Gasteiger partial charge in [-0.1, -0.05) is 26.0 Å². The van der Waals surface area contributed by atoms with Crippen LogP contribution >= 0.6 is 0 Å². The molecule has 0 aliphatic heterocycles. The van der Waals surface area contributed by atoms with Crippen molar-refractivity contribution in [3.8, 4) is 5.75 Å². The number of primary amides is 2. The lowest BCUT2D eigenvalue weighted by atomic mass is 10.0. The van der Waals surface area contributed by atoms with Crippen LogP contribution in [0.4, 0.5) is 0 Å². The first-order valence-electron chi connectivity index (χ1n) is 10.9. The summed E-state index contributed by atoms with van der Waals surface area (Å²) in [4.78, 5) is 72.5. The second kappa shape index (κ2) is 13.6. The lowest BCUT2D eigenvalue weighted by Gasteiger charge is -2.25. The van der Waals surface area contributed by atoms with Crippen LogP contribution in [0.15, 0.2) is 24.3 Å². The molecule has 0 radical (unpaired) electrons. The van der Waals surface area contributed by atoms with Gasteiger partial charge in [0.15, 0.2) is 0 Å². The van der Waals surface area contributed by atoms with Crippen LogP contribution in [0.25, 0.3) is 0 Å². The third-order valence-corrected chi connectivity index (χ3v) is 5.09. The number of nitrogens with two attached hydrogens (primary N) is 3. The van der Waals surface area contributed by atoms with Gasteiger partial charge in [0.1, 0.15) is 23.9 Å². The van der Waals surface area contributed by atoms with Crippen LogP contribution < -0.4 is 33.2 Å². The molecule has 0 bridgehead atoms. The van der Waals surface area contributed by atoms with Gasteiger partial charge in [-0.15, -0.1) is 0 Å². The highest BCUT2D eigenvalue weighted by molar-refractivity contribution is 5.97. The fraction of sp³-hybridized carbons (Fsp3) is 0.455. The summed E-state index contributed by atoms with van der Waals surface area (Å²) in [6.45, 7) is 3.33. The molecule has 11 N–H and O–H groups in total. The van der Waals surface area contributed by atoms with Crippen molar-refractivity contribution in [2.75, 3.05) is 0 Å². The summed E-state index contributed by atoms with van der Waals surface area (Å²) >= 11 is 0. The van der Waals surface area contributed by atoms with Crippen LogP contribution in [0.3, 0.4) is 0 Å². The van der Waals surface area contributed by atoms with E-state index in [4.69, 9.17) is 17.2 Å². The Hall–Kier alpha value is -4.20. The zero-order valence-electron chi connectivity index (χ0n) is 19.9. The van der Waals surface area contributed by atoms with Gasteiger partial charge in [-0.2, -0.15) is 0 Å². The van der Waals surface area contributed by atoms with E-state index in [2.05, 4.69) is 16.0 Å². The number of carbonyl (C=O) groups excluding carboxylic acids is 5. The van der Waals surface area contributed by atoms with Crippen molar-refractivity contribution in [2.24, 2.45) is 23.1 Å². The molecule has 14 heteroatoms. The summed E-state index contributed by atoms with van der Waals surface area (Å²) in [5, 5.41) is 25.6. The average Bonchev–Trinajstić information content (AvgIpc) is 2.77. The number of aliphatic carboxylic acids is 1. The smallest absolute Gasteiger partial charge is 0.326 e. The summed E-state index contributed by atoms with van der Waals surface area (Å²) < 4.78 is 0. The SMILES string of the molecule is CC(C)C(N)C(=O)NC(CC(N)=O)C(=O)NC(CC(N)=O)C(=O)NC(Cc1ccc(O)cc1)C(=O)O. The Morgan fingerprint density at radius 2 is 1.19 bits per heavy atom. The maximum Gasteiger partial charge on any atom is 0.326 e. The molecule has 36 heavy (non-hydrogen) atoms. The molecular weight excluding hydrogens is 476 g/mol. The molecule has 5 amide bonds. The molecule has 0 aromatic heterocycles. The molecule has 14 nitrogen and oxygen atoms in total. The summed E-state index contributed by atoms with van der Waals surface area (Å²) in [5.74, 6) is -6.49. The normalized spacial score (nSPS) is 14.1. The van der Waals surface area contributed by atoms with E-state index in [1.807, 2.05) is 0 Å². The van der Waals surface area contributed by atoms with Crippen LogP contribution in [0, 0.1) is 5.92 Å². The Kier molecular flexibility index (Phi) is 11.3. The number of aromatic hydroxyl groups is 1. The Morgan fingerprint density at radius 3 is 1.58 bits per heavy atom. The predicted molar refractivity (Wildman–Crippen MR) is 126 cm³/mol. The largest absolute Gasteiger partial charge is 0.508 e. The van der Waals surface area contributed by atoms with Crippen LogP contribution in [-0.2, 0) is 35.2 Å². The number of rotatable bonds is 14. The maximum atomic E-state index is 12.8. The first-order valence-corrected chi connectivity index (χ1v) is 10.9. The van der Waals surface area contributed by atoms with Crippen LogP contribution in [-0.4, -0.2) is 69.9 Å². The zero-order chi connectivity index (χ0) is 27.6. The average molecular weight is 509 g/mol. The van der Waals surface area contributed by atoms with Gasteiger partial charge in [0.2, 0.25) is 29.5 Å². The molecule has 0 spiro atoms. The van der Waals surface area contributed by atoms with Gasteiger partial charge in [0.05, 0.1) is 18.9 Å². The number of nitrogens with one attached hydrogen (secondary N) is 3. The topological polar surface area (TPSA) is 257 Å². The Labute approximate surface area is 206 Å². The molecule has 0 fully saturated rings. The third-order valence-electron chi connectivity index (χ3n) is 5.09. The number of amides is 5. The fourth-order valence-corrected chi connectivity index (χ4v) is 3.00. The van der Waals surface area contributed by atoms with E-state index < -0.39 is 72.5 Å². The highest BCUT2D eigenvalue weighted by atomic mass is 16.4. The number of phenols is 1. The van der Waals surface area contributed by atoms with E-state index in [1.54, 1.807) is 13.8 Å². The molecule has 1 aromatic rings. The first kappa shape index (κ1) is 29.8. The molecule has 0 saturated carbocycles. The summed E-state index contributed by atoms with van der Waals surface area (Å²) in [6, 6.07) is -0.0145. The van der Waals surface area contributed by atoms with E-state index in [0.29, 0.717) is 5.56 Å².